The summed E-state index contributed by atoms with van der Waals surface area (Å²) in [5.74, 6) is -3.09. The number of hydrogen-bond donors (Lipinski definition) is 6. The third kappa shape index (κ3) is 5.47. The minimum absolute atomic E-state index is 0.309. The van der Waals surface area contributed by atoms with Crippen LogP contribution in [0.5, 0.6) is 0 Å². The first-order valence-corrected chi connectivity index (χ1v) is 10.6. The van der Waals surface area contributed by atoms with Crippen LogP contribution in [0.15, 0.2) is 11.8 Å². The number of alkyl halides is 2. The first-order chi connectivity index (χ1) is 13.0. The van der Waals surface area contributed by atoms with Crippen LogP contribution < -0.4 is 10.0 Å². The smallest absolute Gasteiger partial charge is 0.370 e. The zero-order valence-electron chi connectivity index (χ0n) is 14.2. The Hall–Kier alpha value is -1.15. The number of aliphatic hydroxyl groups excluding tert-OH is 3. The molecule has 0 saturated heterocycles. The van der Waals surface area contributed by atoms with Crippen LogP contribution in [0.2, 0.25) is 0 Å². The van der Waals surface area contributed by atoms with E-state index in [0.717, 1.165) is 6.08 Å². The van der Waals surface area contributed by atoms with E-state index in [9.17, 15) is 33.3 Å². The molecular formula is C14H20Cl2N2O9S. The van der Waals surface area contributed by atoms with Crippen molar-refractivity contribution in [2.45, 2.75) is 47.4 Å². The van der Waals surface area contributed by atoms with E-state index in [2.05, 4.69) is 10.0 Å². The van der Waals surface area contributed by atoms with Crippen molar-refractivity contribution in [3.63, 3.8) is 0 Å². The second-order valence-electron chi connectivity index (χ2n) is 6.42. The highest BCUT2D eigenvalue weighted by atomic mass is 35.5. The van der Waals surface area contributed by atoms with E-state index in [1.54, 1.807) is 0 Å². The molecule has 11 nitrogen and oxygen atoms in total. The Morgan fingerprint density at radius 1 is 1.29 bits per heavy atom. The topological polar surface area (TPSA) is 182 Å². The van der Waals surface area contributed by atoms with Crippen molar-refractivity contribution in [3.8, 4) is 0 Å². The molecule has 0 spiro atoms. The lowest BCUT2D eigenvalue weighted by Gasteiger charge is -2.40. The molecule has 1 amide bonds. The van der Waals surface area contributed by atoms with Gasteiger partial charge in [-0.05, 0) is 18.9 Å². The van der Waals surface area contributed by atoms with Gasteiger partial charge in [-0.25, -0.2) is 17.9 Å². The Bertz CT molecular complexity index is 741. The lowest BCUT2D eigenvalue weighted by atomic mass is 9.92. The quantitative estimate of drug-likeness (QED) is 0.211. The first-order valence-electron chi connectivity index (χ1n) is 8.16. The summed E-state index contributed by atoms with van der Waals surface area (Å²) in [4.78, 5) is 23.6. The molecule has 2 aliphatic rings. The van der Waals surface area contributed by atoms with Gasteiger partial charge >= 0.3 is 5.97 Å². The summed E-state index contributed by atoms with van der Waals surface area (Å²) in [5.41, 5.74) is 0. The molecule has 160 valence electrons. The highest BCUT2D eigenvalue weighted by molar-refractivity contribution is 7.92. The molecular weight excluding hydrogens is 443 g/mol. The Balaban J connectivity index is 2.42. The van der Waals surface area contributed by atoms with Crippen LogP contribution in [0.25, 0.3) is 0 Å². The van der Waals surface area contributed by atoms with E-state index in [1.807, 2.05) is 0 Å². The van der Waals surface area contributed by atoms with Crippen molar-refractivity contribution in [2.75, 3.05) is 6.61 Å². The Morgan fingerprint density at radius 3 is 2.36 bits per heavy atom. The summed E-state index contributed by atoms with van der Waals surface area (Å²) < 4.78 is 29.5. The van der Waals surface area contributed by atoms with Gasteiger partial charge in [0, 0.05) is 5.92 Å². The van der Waals surface area contributed by atoms with Crippen molar-refractivity contribution in [2.24, 2.45) is 5.92 Å². The van der Waals surface area contributed by atoms with E-state index in [4.69, 9.17) is 33.0 Å². The summed E-state index contributed by atoms with van der Waals surface area (Å²) in [6, 6.07) is -2.74. The van der Waals surface area contributed by atoms with E-state index < -0.39 is 68.8 Å². The van der Waals surface area contributed by atoms with Gasteiger partial charge in [-0.3, -0.25) is 4.79 Å². The zero-order valence-corrected chi connectivity index (χ0v) is 16.6. The van der Waals surface area contributed by atoms with Gasteiger partial charge in [0.2, 0.25) is 25.9 Å². The maximum absolute atomic E-state index is 12.2. The lowest BCUT2D eigenvalue weighted by molar-refractivity contribution is -0.146. The molecule has 1 aliphatic heterocycles. The normalized spacial score (nSPS) is 27.5. The molecule has 0 radical (unpaired) electrons. The number of sulfonamides is 1. The number of aliphatic hydroxyl groups is 3. The van der Waals surface area contributed by atoms with Crippen LogP contribution in [0.1, 0.15) is 12.8 Å². The third-order valence-electron chi connectivity index (χ3n) is 4.26. The highest BCUT2D eigenvalue weighted by Gasteiger charge is 2.46. The fourth-order valence-electron chi connectivity index (χ4n) is 2.61. The van der Waals surface area contributed by atoms with E-state index >= 15 is 0 Å². The fraction of sp³-hybridized carbons (Fsp3) is 0.714. The largest absolute Gasteiger partial charge is 0.478 e. The second-order valence-corrected chi connectivity index (χ2v) is 9.83. The van der Waals surface area contributed by atoms with Crippen molar-refractivity contribution in [1.29, 1.82) is 0 Å². The molecule has 1 saturated carbocycles. The molecule has 1 aliphatic carbocycles. The molecule has 0 aromatic heterocycles. The summed E-state index contributed by atoms with van der Waals surface area (Å²) >= 11 is 10.8. The number of nitrogens with one attached hydrogen (secondary N) is 2. The van der Waals surface area contributed by atoms with Crippen LogP contribution in [-0.2, 0) is 24.3 Å². The Labute approximate surface area is 170 Å². The number of rotatable bonds is 9. The van der Waals surface area contributed by atoms with Crippen LogP contribution in [0.4, 0.5) is 0 Å². The van der Waals surface area contributed by atoms with Crippen LogP contribution in [0, 0.1) is 5.92 Å². The van der Waals surface area contributed by atoms with Gasteiger partial charge < -0.3 is 30.5 Å². The minimum atomic E-state index is -4.35. The van der Waals surface area contributed by atoms with Gasteiger partial charge in [0.1, 0.15) is 18.3 Å². The summed E-state index contributed by atoms with van der Waals surface area (Å²) in [5, 5.41) is 40.8. The summed E-state index contributed by atoms with van der Waals surface area (Å²) in [6.07, 6.45) is -3.09. The SMILES string of the molecule is O=C(O)C1=C[C@H](NS(=O)(=O)C(Cl)Cl)[C@@H](NC(=O)C2CC2)[C@H]([C@H](O)C(O)CO)O1. The summed E-state index contributed by atoms with van der Waals surface area (Å²) in [7, 11) is -4.35. The fourth-order valence-corrected chi connectivity index (χ4v) is 3.61. The molecule has 28 heavy (non-hydrogen) atoms. The maximum Gasteiger partial charge on any atom is 0.370 e. The molecule has 5 atom stereocenters. The molecule has 0 bridgehead atoms. The van der Waals surface area contributed by atoms with Gasteiger partial charge in [-0.15, -0.1) is 0 Å². The molecule has 2 rings (SSSR count). The number of aliphatic carboxylic acids is 1. The predicted octanol–water partition coefficient (Wildman–Crippen LogP) is -1.99. The molecule has 0 aromatic rings. The van der Waals surface area contributed by atoms with Crippen molar-refractivity contribution >= 4 is 45.1 Å². The van der Waals surface area contributed by atoms with E-state index in [-0.39, 0.29) is 5.92 Å². The predicted molar refractivity (Wildman–Crippen MR) is 95.7 cm³/mol. The average Bonchev–Trinajstić information content (AvgIpc) is 3.46. The number of carboxylic acids is 1. The average molecular weight is 463 g/mol. The number of carboxylic acid groups (broad SMARTS) is 1. The minimum Gasteiger partial charge on any atom is -0.478 e. The summed E-state index contributed by atoms with van der Waals surface area (Å²) in [6.45, 7) is -0.891. The number of ether oxygens (including phenoxy) is 1. The molecule has 0 aromatic carbocycles. The number of amides is 1. The standard InChI is InChI=1S/C14H20Cl2N2O9S/c15-14(16)28(25,26)18-6-3-8(13(23)24)27-11(10(21)7(20)4-19)9(6)17-12(22)5-1-2-5/h3,5-7,9-11,14,18-21H,1-2,4H2,(H,17,22)(H,23,24)/t6-,7?,9+,10+,11+/m0/s1. The Kier molecular flexibility index (Phi) is 7.53. The molecule has 1 fully saturated rings. The number of halogens is 2. The maximum atomic E-state index is 12.2. The number of hydrogen-bond acceptors (Lipinski definition) is 8. The highest BCUT2D eigenvalue weighted by Crippen LogP contribution is 2.30. The molecule has 6 N–H and O–H groups in total. The van der Waals surface area contributed by atoms with Crippen molar-refractivity contribution in [3.05, 3.63) is 11.8 Å². The van der Waals surface area contributed by atoms with Crippen molar-refractivity contribution in [1.82, 2.24) is 10.0 Å². The zero-order chi connectivity index (χ0) is 21.2. The van der Waals surface area contributed by atoms with Crippen molar-refractivity contribution < 1.29 is 43.2 Å². The van der Waals surface area contributed by atoms with Gasteiger partial charge in [0.15, 0.2) is 0 Å². The van der Waals surface area contributed by atoms with Crippen LogP contribution >= 0.6 is 23.2 Å². The van der Waals surface area contributed by atoms with Crippen LogP contribution in [0.3, 0.4) is 0 Å². The molecule has 1 heterocycles. The third-order valence-corrected chi connectivity index (χ3v) is 6.73. The van der Waals surface area contributed by atoms with Gasteiger partial charge in [0.25, 0.3) is 0 Å². The first kappa shape index (κ1) is 23.1. The lowest BCUT2D eigenvalue weighted by Crippen LogP contribution is -2.64. The molecule has 1 unspecified atom stereocenters. The Morgan fingerprint density at radius 2 is 1.89 bits per heavy atom. The number of carbonyl (C=O) groups excluding carboxylic acids is 1. The second kappa shape index (κ2) is 9.11. The molecule has 14 heteroatoms. The van der Waals surface area contributed by atoms with Crippen LogP contribution in [-0.4, -0.2) is 81.9 Å². The van der Waals surface area contributed by atoms with Gasteiger partial charge in [-0.1, -0.05) is 23.2 Å². The van der Waals surface area contributed by atoms with E-state index in [0.29, 0.717) is 12.8 Å². The van der Waals surface area contributed by atoms with Gasteiger partial charge in [-0.2, -0.15) is 0 Å². The number of carbonyl (C=O) groups is 2. The van der Waals surface area contributed by atoms with E-state index in [1.165, 1.54) is 0 Å². The monoisotopic (exact) mass is 462 g/mol. The van der Waals surface area contributed by atoms with Gasteiger partial charge in [0.05, 0.1) is 18.7 Å².